The van der Waals surface area contributed by atoms with Gasteiger partial charge in [-0.3, -0.25) is 4.68 Å². The van der Waals surface area contributed by atoms with Gasteiger partial charge in [0.25, 0.3) is 0 Å². The molecule has 26 heavy (non-hydrogen) atoms. The molecule has 3 heterocycles. The first-order valence-electron chi connectivity index (χ1n) is 8.13. The average molecular weight is 365 g/mol. The van der Waals surface area contributed by atoms with E-state index in [4.69, 9.17) is 5.26 Å². The third-order valence-corrected chi connectivity index (χ3v) is 5.45. The van der Waals surface area contributed by atoms with Crippen molar-refractivity contribution in [2.45, 2.75) is 20.4 Å². The Morgan fingerprint density at radius 1 is 1.31 bits per heavy atom. The normalized spacial score (nSPS) is 11.2. The van der Waals surface area contributed by atoms with Crippen LogP contribution in [0, 0.1) is 31.0 Å². The van der Waals surface area contributed by atoms with Crippen LogP contribution in [0.25, 0.3) is 20.4 Å². The van der Waals surface area contributed by atoms with Crippen molar-refractivity contribution in [3.05, 3.63) is 52.5 Å². The number of nitrogens with one attached hydrogen (secondary N) is 1. The molecular weight excluding hydrogens is 349 g/mol. The number of benzene rings is 1. The van der Waals surface area contributed by atoms with Crippen molar-refractivity contribution in [3.8, 4) is 6.07 Å². The summed E-state index contributed by atoms with van der Waals surface area (Å²) in [6, 6.07) is 8.45. The first-order chi connectivity index (χ1) is 12.5. The molecule has 0 saturated carbocycles. The molecule has 0 unspecified atom stereocenters. The number of rotatable bonds is 3. The lowest BCUT2D eigenvalue weighted by Crippen LogP contribution is -2.03. The van der Waals surface area contributed by atoms with Crippen molar-refractivity contribution >= 4 is 37.6 Å². The standard InChI is InChI=1S/C19H16FN5S/c1-10-6-11(2)23-19-15(10)16-17(26-19)18(24-25(16)3)22-9-13-7-12(8-21)4-5-14(13)20/h4-7H,9H2,1-3H3,(H,22,24). The van der Waals surface area contributed by atoms with Crippen molar-refractivity contribution in [3.63, 3.8) is 0 Å². The molecule has 0 aliphatic heterocycles. The maximum absolute atomic E-state index is 14.0. The van der Waals surface area contributed by atoms with Crippen molar-refractivity contribution in [2.24, 2.45) is 7.05 Å². The molecule has 0 amide bonds. The third kappa shape index (κ3) is 2.59. The molecule has 4 rings (SSSR count). The number of hydrogen-bond acceptors (Lipinski definition) is 5. The Kier molecular flexibility index (Phi) is 3.85. The zero-order valence-electron chi connectivity index (χ0n) is 14.6. The van der Waals surface area contributed by atoms with Crippen molar-refractivity contribution in [1.82, 2.24) is 14.8 Å². The predicted octanol–water partition coefficient (Wildman–Crippen LogP) is 4.42. The molecule has 0 saturated heterocycles. The van der Waals surface area contributed by atoms with Gasteiger partial charge in [-0.05, 0) is 43.7 Å². The van der Waals surface area contributed by atoms with E-state index in [2.05, 4.69) is 28.4 Å². The zero-order chi connectivity index (χ0) is 18.4. The molecule has 0 aliphatic rings. The van der Waals surface area contributed by atoms with E-state index in [0.29, 0.717) is 16.9 Å². The first kappa shape index (κ1) is 16.5. The number of hydrogen-bond donors (Lipinski definition) is 1. The van der Waals surface area contributed by atoms with Gasteiger partial charge in [0, 0.05) is 30.2 Å². The van der Waals surface area contributed by atoms with Gasteiger partial charge in [-0.1, -0.05) is 0 Å². The third-order valence-electron chi connectivity index (χ3n) is 4.37. The molecule has 0 spiro atoms. The number of fused-ring (bicyclic) bond motifs is 3. The van der Waals surface area contributed by atoms with Gasteiger partial charge in [0.15, 0.2) is 5.82 Å². The average Bonchev–Trinajstić information content (AvgIpc) is 3.12. The van der Waals surface area contributed by atoms with Crippen molar-refractivity contribution in [1.29, 1.82) is 5.26 Å². The highest BCUT2D eigenvalue weighted by Gasteiger charge is 2.18. The van der Waals surface area contributed by atoms with Gasteiger partial charge in [0.1, 0.15) is 10.6 Å². The second kappa shape index (κ2) is 6.07. The molecule has 7 heteroatoms. The Balaban J connectivity index is 1.76. The fourth-order valence-corrected chi connectivity index (χ4v) is 4.50. The Labute approximate surface area is 153 Å². The molecule has 0 fully saturated rings. The van der Waals surface area contributed by atoms with Crippen LogP contribution in [0.15, 0.2) is 24.3 Å². The molecule has 3 aromatic heterocycles. The summed E-state index contributed by atoms with van der Waals surface area (Å²) >= 11 is 1.58. The SMILES string of the molecule is Cc1cc(C)c2c(n1)sc1c(NCc3cc(C#N)ccc3F)nn(C)c12. The molecule has 1 N–H and O–H groups in total. The minimum atomic E-state index is -0.340. The number of nitriles is 1. The summed E-state index contributed by atoms with van der Waals surface area (Å²) in [5.41, 5.74) is 4.06. The van der Waals surface area contributed by atoms with Crippen LogP contribution >= 0.6 is 11.3 Å². The summed E-state index contributed by atoms with van der Waals surface area (Å²) in [5, 5.41) is 17.9. The Bertz CT molecular complexity index is 1200. The summed E-state index contributed by atoms with van der Waals surface area (Å²) in [6.07, 6.45) is 0. The second-order valence-electron chi connectivity index (χ2n) is 6.28. The molecule has 0 aliphatic carbocycles. The smallest absolute Gasteiger partial charge is 0.166 e. The topological polar surface area (TPSA) is 66.5 Å². The van der Waals surface area contributed by atoms with E-state index < -0.39 is 0 Å². The number of anilines is 1. The van der Waals surface area contributed by atoms with Crippen LogP contribution in [-0.4, -0.2) is 14.8 Å². The Morgan fingerprint density at radius 3 is 2.88 bits per heavy atom. The number of aromatic nitrogens is 3. The van der Waals surface area contributed by atoms with Gasteiger partial charge in [-0.15, -0.1) is 11.3 Å². The summed E-state index contributed by atoms with van der Waals surface area (Å²) < 4.78 is 16.8. The summed E-state index contributed by atoms with van der Waals surface area (Å²) in [4.78, 5) is 5.61. The van der Waals surface area contributed by atoms with Gasteiger partial charge < -0.3 is 5.32 Å². The van der Waals surface area contributed by atoms with E-state index in [0.717, 1.165) is 26.1 Å². The minimum Gasteiger partial charge on any atom is -0.363 e. The number of thiophene rings is 1. The minimum absolute atomic E-state index is 0.257. The van der Waals surface area contributed by atoms with Crippen LogP contribution in [-0.2, 0) is 13.6 Å². The largest absolute Gasteiger partial charge is 0.363 e. The molecule has 5 nitrogen and oxygen atoms in total. The highest BCUT2D eigenvalue weighted by atomic mass is 32.1. The molecule has 130 valence electrons. The van der Waals surface area contributed by atoms with Gasteiger partial charge in [0.05, 0.1) is 21.8 Å². The molecule has 0 radical (unpaired) electrons. The summed E-state index contributed by atoms with van der Waals surface area (Å²) in [6.45, 7) is 4.32. The number of halogens is 1. The lowest BCUT2D eigenvalue weighted by molar-refractivity contribution is 0.612. The van der Waals surface area contributed by atoms with Crippen LogP contribution in [0.3, 0.4) is 0 Å². The first-order valence-corrected chi connectivity index (χ1v) is 8.95. The predicted molar refractivity (Wildman–Crippen MR) is 102 cm³/mol. The van der Waals surface area contributed by atoms with E-state index >= 15 is 0 Å². The molecular formula is C19H16FN5S. The van der Waals surface area contributed by atoms with Crippen LogP contribution < -0.4 is 5.32 Å². The summed E-state index contributed by atoms with van der Waals surface area (Å²) in [7, 11) is 1.90. The molecule has 0 bridgehead atoms. The fraction of sp³-hybridized carbons (Fsp3) is 0.211. The molecule has 4 aromatic rings. The number of pyridine rings is 1. The van der Waals surface area contributed by atoms with Gasteiger partial charge in [0.2, 0.25) is 0 Å². The summed E-state index contributed by atoms with van der Waals surface area (Å²) in [5.74, 6) is 0.359. The Morgan fingerprint density at radius 2 is 2.12 bits per heavy atom. The lowest BCUT2D eigenvalue weighted by Gasteiger charge is -2.05. The monoisotopic (exact) mass is 365 g/mol. The van der Waals surface area contributed by atoms with Gasteiger partial charge >= 0.3 is 0 Å². The maximum Gasteiger partial charge on any atom is 0.166 e. The maximum atomic E-state index is 14.0. The fourth-order valence-electron chi connectivity index (χ4n) is 3.21. The Hall–Kier alpha value is -2.98. The second-order valence-corrected chi connectivity index (χ2v) is 7.28. The lowest BCUT2D eigenvalue weighted by atomic mass is 10.1. The van der Waals surface area contributed by atoms with Gasteiger partial charge in [-0.25, -0.2) is 9.37 Å². The van der Waals surface area contributed by atoms with Crippen LogP contribution in [0.5, 0.6) is 0 Å². The van der Waals surface area contributed by atoms with E-state index in [1.165, 1.54) is 17.7 Å². The molecule has 1 aromatic carbocycles. The van der Waals surface area contributed by atoms with E-state index in [9.17, 15) is 4.39 Å². The van der Waals surface area contributed by atoms with Crippen LogP contribution in [0.1, 0.15) is 22.4 Å². The van der Waals surface area contributed by atoms with E-state index in [-0.39, 0.29) is 12.4 Å². The van der Waals surface area contributed by atoms with Crippen molar-refractivity contribution in [2.75, 3.05) is 5.32 Å². The van der Waals surface area contributed by atoms with E-state index in [1.807, 2.05) is 24.7 Å². The zero-order valence-corrected chi connectivity index (χ0v) is 15.4. The highest BCUT2D eigenvalue weighted by molar-refractivity contribution is 7.26. The molecule has 0 atom stereocenters. The van der Waals surface area contributed by atoms with Gasteiger partial charge in [-0.2, -0.15) is 10.4 Å². The number of aryl methyl sites for hydroxylation is 3. The van der Waals surface area contributed by atoms with Crippen LogP contribution in [0.4, 0.5) is 10.2 Å². The van der Waals surface area contributed by atoms with E-state index in [1.54, 1.807) is 17.4 Å². The van der Waals surface area contributed by atoms with Crippen molar-refractivity contribution < 1.29 is 4.39 Å². The number of nitrogens with zero attached hydrogens (tertiary/aromatic N) is 4. The highest BCUT2D eigenvalue weighted by Crippen LogP contribution is 2.38. The van der Waals surface area contributed by atoms with Crippen LogP contribution in [0.2, 0.25) is 0 Å². The quantitative estimate of drug-likeness (QED) is 0.583.